The molecule has 2 aliphatic heterocycles. The fourth-order valence-corrected chi connectivity index (χ4v) is 2.76. The molecule has 2 N–H and O–H groups in total. The van der Waals surface area contributed by atoms with Gasteiger partial charge < -0.3 is 15.2 Å². The third-order valence-electron chi connectivity index (χ3n) is 3.81. The molecule has 18 heavy (non-hydrogen) atoms. The van der Waals surface area contributed by atoms with Crippen molar-refractivity contribution in [2.75, 3.05) is 39.5 Å². The van der Waals surface area contributed by atoms with Crippen LogP contribution in [-0.4, -0.2) is 61.4 Å². The molecule has 0 aliphatic carbocycles. The van der Waals surface area contributed by atoms with Crippen LogP contribution in [0.3, 0.4) is 0 Å². The molecule has 1 atom stereocenters. The van der Waals surface area contributed by atoms with Crippen molar-refractivity contribution in [3.63, 3.8) is 0 Å². The first-order valence-corrected chi connectivity index (χ1v) is 6.98. The van der Waals surface area contributed by atoms with E-state index in [1.165, 1.54) is 0 Å². The minimum atomic E-state index is 0.112. The van der Waals surface area contributed by atoms with E-state index in [1.807, 2.05) is 0 Å². The second-order valence-electron chi connectivity index (χ2n) is 5.38. The third-order valence-corrected chi connectivity index (χ3v) is 3.81. The van der Waals surface area contributed by atoms with Crippen molar-refractivity contribution in [2.24, 2.45) is 5.92 Å². The van der Waals surface area contributed by atoms with Crippen LogP contribution in [0.5, 0.6) is 0 Å². The van der Waals surface area contributed by atoms with Crippen molar-refractivity contribution in [3.8, 4) is 0 Å². The van der Waals surface area contributed by atoms with Gasteiger partial charge in [-0.1, -0.05) is 0 Å². The highest BCUT2D eigenvalue weighted by molar-refractivity contribution is 5.78. The smallest absolute Gasteiger partial charge is 0.234 e. The third kappa shape index (κ3) is 4.23. The lowest BCUT2D eigenvalue weighted by Crippen LogP contribution is -2.47. The van der Waals surface area contributed by atoms with Crippen molar-refractivity contribution in [1.82, 2.24) is 10.2 Å². The Morgan fingerprint density at radius 2 is 2.11 bits per heavy atom. The molecule has 0 saturated carbocycles. The lowest BCUT2D eigenvalue weighted by Gasteiger charge is -2.32. The van der Waals surface area contributed by atoms with Gasteiger partial charge in [-0.05, 0) is 38.1 Å². The van der Waals surface area contributed by atoms with Crippen LogP contribution >= 0.6 is 0 Å². The maximum Gasteiger partial charge on any atom is 0.234 e. The summed E-state index contributed by atoms with van der Waals surface area (Å²) in [4.78, 5) is 14.1. The van der Waals surface area contributed by atoms with E-state index in [2.05, 4.69) is 10.2 Å². The first kappa shape index (κ1) is 13.8. The number of amides is 1. The summed E-state index contributed by atoms with van der Waals surface area (Å²) in [6.07, 6.45) is 4.00. The van der Waals surface area contributed by atoms with E-state index in [0.29, 0.717) is 12.5 Å². The highest BCUT2D eigenvalue weighted by Gasteiger charge is 2.22. The van der Waals surface area contributed by atoms with Gasteiger partial charge in [0.15, 0.2) is 0 Å². The fraction of sp³-hybridized carbons (Fsp3) is 0.923. The molecular formula is C13H24N2O3. The van der Waals surface area contributed by atoms with Crippen LogP contribution in [0.1, 0.15) is 25.7 Å². The SMILES string of the molecule is O=C(CN1CCCC(CO)C1)NC1CCOCC1. The topological polar surface area (TPSA) is 61.8 Å². The molecule has 5 nitrogen and oxygen atoms in total. The Kier molecular flexibility index (Phi) is 5.41. The first-order valence-electron chi connectivity index (χ1n) is 6.98. The molecule has 2 rings (SSSR count). The number of piperidine rings is 1. The van der Waals surface area contributed by atoms with E-state index in [1.54, 1.807) is 0 Å². The Balaban J connectivity index is 1.69. The maximum absolute atomic E-state index is 11.9. The highest BCUT2D eigenvalue weighted by Crippen LogP contribution is 2.15. The Bertz CT molecular complexity index is 267. The molecule has 104 valence electrons. The number of carbonyl (C=O) groups excluding carboxylic acids is 1. The number of aliphatic hydroxyl groups is 1. The molecule has 2 heterocycles. The predicted octanol–water partition coefficient (Wildman–Crippen LogP) is -0.0141. The molecule has 0 bridgehead atoms. The van der Waals surface area contributed by atoms with Gasteiger partial charge in [-0.2, -0.15) is 0 Å². The average Bonchev–Trinajstić information content (AvgIpc) is 2.40. The van der Waals surface area contributed by atoms with Crippen LogP contribution in [0.15, 0.2) is 0 Å². The van der Waals surface area contributed by atoms with E-state index in [-0.39, 0.29) is 18.6 Å². The zero-order valence-electron chi connectivity index (χ0n) is 10.9. The van der Waals surface area contributed by atoms with Gasteiger partial charge in [-0.25, -0.2) is 0 Å². The number of rotatable bonds is 4. The summed E-state index contributed by atoms with van der Waals surface area (Å²) in [5, 5.41) is 12.2. The number of likely N-dealkylation sites (tertiary alicyclic amines) is 1. The van der Waals surface area contributed by atoms with Crippen LogP contribution in [0.2, 0.25) is 0 Å². The molecule has 0 aromatic heterocycles. The number of aliphatic hydroxyl groups excluding tert-OH is 1. The second kappa shape index (κ2) is 7.07. The van der Waals surface area contributed by atoms with Crippen LogP contribution in [-0.2, 0) is 9.53 Å². The highest BCUT2D eigenvalue weighted by atomic mass is 16.5. The summed E-state index contributed by atoms with van der Waals surface area (Å²) >= 11 is 0. The van der Waals surface area contributed by atoms with Crippen molar-refractivity contribution >= 4 is 5.91 Å². The van der Waals surface area contributed by atoms with Gasteiger partial charge in [-0.15, -0.1) is 0 Å². The number of ether oxygens (including phenoxy) is 1. The van der Waals surface area contributed by atoms with Crippen molar-refractivity contribution in [2.45, 2.75) is 31.7 Å². The van der Waals surface area contributed by atoms with E-state index < -0.39 is 0 Å². The lowest BCUT2D eigenvalue weighted by molar-refractivity contribution is -0.124. The molecule has 2 saturated heterocycles. The summed E-state index contributed by atoms with van der Waals surface area (Å²) in [5.41, 5.74) is 0. The minimum absolute atomic E-state index is 0.112. The molecule has 0 aromatic carbocycles. The summed E-state index contributed by atoms with van der Waals surface area (Å²) < 4.78 is 5.27. The summed E-state index contributed by atoms with van der Waals surface area (Å²) in [7, 11) is 0. The fourth-order valence-electron chi connectivity index (χ4n) is 2.76. The molecule has 0 spiro atoms. The van der Waals surface area contributed by atoms with Crippen molar-refractivity contribution < 1.29 is 14.6 Å². The van der Waals surface area contributed by atoms with Gasteiger partial charge in [0.25, 0.3) is 0 Å². The number of hydrogen-bond donors (Lipinski definition) is 2. The Morgan fingerprint density at radius 3 is 2.83 bits per heavy atom. The quantitative estimate of drug-likeness (QED) is 0.742. The van der Waals surface area contributed by atoms with Crippen molar-refractivity contribution in [1.29, 1.82) is 0 Å². The standard InChI is InChI=1S/C13H24N2O3/c16-10-11-2-1-5-15(8-11)9-13(17)14-12-3-6-18-7-4-12/h11-12,16H,1-10H2,(H,14,17). The van der Waals surface area contributed by atoms with Gasteiger partial charge in [-0.3, -0.25) is 9.69 Å². The number of nitrogens with one attached hydrogen (secondary N) is 1. The number of carbonyl (C=O) groups is 1. The summed E-state index contributed by atoms with van der Waals surface area (Å²) in [6.45, 7) is 4.02. The van der Waals surface area contributed by atoms with Gasteiger partial charge in [0.2, 0.25) is 5.91 Å². The normalized spacial score (nSPS) is 27.1. The summed E-state index contributed by atoms with van der Waals surface area (Å²) in [5.74, 6) is 0.454. The zero-order chi connectivity index (χ0) is 12.8. The number of hydrogen-bond acceptors (Lipinski definition) is 4. The van der Waals surface area contributed by atoms with Gasteiger partial charge in [0.1, 0.15) is 0 Å². The van der Waals surface area contributed by atoms with E-state index in [9.17, 15) is 4.79 Å². The van der Waals surface area contributed by atoms with Crippen LogP contribution in [0, 0.1) is 5.92 Å². The molecule has 0 radical (unpaired) electrons. The van der Waals surface area contributed by atoms with Crippen LogP contribution in [0.4, 0.5) is 0 Å². The average molecular weight is 256 g/mol. The second-order valence-corrected chi connectivity index (χ2v) is 5.38. The van der Waals surface area contributed by atoms with E-state index >= 15 is 0 Å². The van der Waals surface area contributed by atoms with Gasteiger partial charge >= 0.3 is 0 Å². The molecule has 5 heteroatoms. The van der Waals surface area contributed by atoms with Gasteiger partial charge in [0.05, 0.1) is 6.54 Å². The Morgan fingerprint density at radius 1 is 1.33 bits per heavy atom. The molecular weight excluding hydrogens is 232 g/mol. The lowest BCUT2D eigenvalue weighted by atomic mass is 9.99. The van der Waals surface area contributed by atoms with Crippen molar-refractivity contribution in [3.05, 3.63) is 0 Å². The summed E-state index contributed by atoms with van der Waals surface area (Å²) in [6, 6.07) is 0.282. The molecule has 0 aromatic rings. The molecule has 1 unspecified atom stereocenters. The monoisotopic (exact) mass is 256 g/mol. The predicted molar refractivity (Wildman–Crippen MR) is 68.2 cm³/mol. The largest absolute Gasteiger partial charge is 0.396 e. The molecule has 2 aliphatic rings. The first-order chi connectivity index (χ1) is 8.78. The molecule has 2 fully saturated rings. The van der Waals surface area contributed by atoms with Gasteiger partial charge in [0, 0.05) is 32.4 Å². The molecule has 1 amide bonds. The Labute approximate surface area is 108 Å². The minimum Gasteiger partial charge on any atom is -0.396 e. The van der Waals surface area contributed by atoms with E-state index in [4.69, 9.17) is 9.84 Å². The maximum atomic E-state index is 11.9. The van der Waals surface area contributed by atoms with E-state index in [0.717, 1.165) is 52.0 Å². The zero-order valence-corrected chi connectivity index (χ0v) is 10.9. The van der Waals surface area contributed by atoms with Crippen LogP contribution in [0.25, 0.3) is 0 Å². The Hall–Kier alpha value is -0.650. The number of nitrogens with zero attached hydrogens (tertiary/aromatic N) is 1. The van der Waals surface area contributed by atoms with Crippen LogP contribution < -0.4 is 5.32 Å².